The van der Waals surface area contributed by atoms with Gasteiger partial charge in [0.2, 0.25) is 0 Å². The fraction of sp³-hybridized carbons (Fsp3) is 0.304. The summed E-state index contributed by atoms with van der Waals surface area (Å²) in [6.45, 7) is 4.33. The maximum Gasteiger partial charge on any atom is 0.184 e. The molecular formula is C23H24N4O3. The Hall–Kier alpha value is -3.00. The Bertz CT molecular complexity index is 987. The van der Waals surface area contributed by atoms with E-state index in [1.165, 1.54) is 0 Å². The maximum atomic E-state index is 5.68. The van der Waals surface area contributed by atoms with Crippen molar-refractivity contribution in [2.45, 2.75) is 6.29 Å². The molecule has 0 atom stereocenters. The quantitative estimate of drug-likeness (QED) is 0.694. The zero-order valence-corrected chi connectivity index (χ0v) is 16.7. The molecule has 0 unspecified atom stereocenters. The number of benzene rings is 1. The summed E-state index contributed by atoms with van der Waals surface area (Å²) in [6.07, 6.45) is 3.25. The standard InChI is InChI=1S/C23H24N4O3/c1-3-17(13-18(4-1)23-29-11-12-30-23)19-14-21(25-20-5-2-6-24-16-20)26-22(15-19)27-7-9-28-10-8-27/h1-6,13-16,23H,7-12H2,(H,25,26). The van der Waals surface area contributed by atoms with Crippen molar-refractivity contribution in [2.75, 3.05) is 49.7 Å². The van der Waals surface area contributed by atoms with Gasteiger partial charge in [-0.2, -0.15) is 0 Å². The highest BCUT2D eigenvalue weighted by atomic mass is 16.7. The largest absolute Gasteiger partial charge is 0.378 e. The minimum Gasteiger partial charge on any atom is -0.378 e. The molecule has 3 aromatic rings. The first-order valence-corrected chi connectivity index (χ1v) is 10.2. The third-order valence-corrected chi connectivity index (χ3v) is 5.19. The molecule has 7 heteroatoms. The van der Waals surface area contributed by atoms with E-state index in [0.29, 0.717) is 26.4 Å². The fourth-order valence-corrected chi connectivity index (χ4v) is 3.70. The van der Waals surface area contributed by atoms with Crippen molar-refractivity contribution in [3.63, 3.8) is 0 Å². The highest BCUT2D eigenvalue weighted by Gasteiger charge is 2.19. The van der Waals surface area contributed by atoms with E-state index < -0.39 is 0 Å². The molecule has 0 bridgehead atoms. The van der Waals surface area contributed by atoms with E-state index in [-0.39, 0.29) is 6.29 Å². The van der Waals surface area contributed by atoms with Crippen molar-refractivity contribution in [1.82, 2.24) is 9.97 Å². The molecule has 2 aliphatic heterocycles. The molecule has 2 saturated heterocycles. The SMILES string of the molecule is c1cncc(Nc2cc(-c3cccc(C4OCCO4)c3)cc(N3CCOCC3)n2)c1. The molecular weight excluding hydrogens is 380 g/mol. The smallest absolute Gasteiger partial charge is 0.184 e. The number of nitrogens with one attached hydrogen (secondary N) is 1. The minimum atomic E-state index is -0.293. The van der Waals surface area contributed by atoms with Crippen LogP contribution in [0.4, 0.5) is 17.3 Å². The first-order valence-electron chi connectivity index (χ1n) is 10.2. The first kappa shape index (κ1) is 19.0. The second-order valence-corrected chi connectivity index (χ2v) is 7.26. The second kappa shape index (κ2) is 8.79. The van der Waals surface area contributed by atoms with Crippen LogP contribution in [0.15, 0.2) is 60.9 Å². The van der Waals surface area contributed by atoms with Crippen LogP contribution < -0.4 is 10.2 Å². The molecule has 1 N–H and O–H groups in total. The van der Waals surface area contributed by atoms with Crippen molar-refractivity contribution < 1.29 is 14.2 Å². The van der Waals surface area contributed by atoms with Gasteiger partial charge in [-0.05, 0) is 41.5 Å². The summed E-state index contributed by atoms with van der Waals surface area (Å²) >= 11 is 0. The van der Waals surface area contributed by atoms with E-state index in [9.17, 15) is 0 Å². The van der Waals surface area contributed by atoms with Gasteiger partial charge in [0, 0.05) is 24.8 Å². The highest BCUT2D eigenvalue weighted by Crippen LogP contribution is 2.31. The molecule has 1 aromatic carbocycles. The Morgan fingerprint density at radius 2 is 1.77 bits per heavy atom. The Balaban J connectivity index is 1.51. The average Bonchev–Trinajstić information content (AvgIpc) is 3.35. The Kier molecular flexibility index (Phi) is 5.56. The lowest BCUT2D eigenvalue weighted by Gasteiger charge is -2.28. The number of hydrogen-bond donors (Lipinski definition) is 1. The maximum absolute atomic E-state index is 5.68. The lowest BCUT2D eigenvalue weighted by atomic mass is 10.0. The zero-order valence-electron chi connectivity index (χ0n) is 16.7. The number of aromatic nitrogens is 2. The summed E-state index contributed by atoms with van der Waals surface area (Å²) in [6, 6.07) is 16.4. The molecule has 2 aromatic heterocycles. The molecule has 0 spiro atoms. The average molecular weight is 404 g/mol. The molecule has 2 fully saturated rings. The predicted molar refractivity (Wildman–Crippen MR) is 115 cm³/mol. The van der Waals surface area contributed by atoms with Crippen LogP contribution in [0.25, 0.3) is 11.1 Å². The summed E-state index contributed by atoms with van der Waals surface area (Å²) in [5, 5.41) is 3.38. The van der Waals surface area contributed by atoms with Crippen molar-refractivity contribution in [1.29, 1.82) is 0 Å². The number of rotatable bonds is 5. The molecule has 4 heterocycles. The van der Waals surface area contributed by atoms with E-state index in [0.717, 1.165) is 47.1 Å². The third kappa shape index (κ3) is 4.28. The van der Waals surface area contributed by atoms with Gasteiger partial charge >= 0.3 is 0 Å². The summed E-state index contributed by atoms with van der Waals surface area (Å²) in [7, 11) is 0. The molecule has 5 rings (SSSR count). The van der Waals surface area contributed by atoms with Crippen molar-refractivity contribution in [3.05, 3.63) is 66.5 Å². The first-order chi connectivity index (χ1) is 14.8. The van der Waals surface area contributed by atoms with Crippen molar-refractivity contribution >= 4 is 17.3 Å². The Labute approximate surface area is 175 Å². The number of pyridine rings is 2. The van der Waals surface area contributed by atoms with Crippen LogP contribution in [0.3, 0.4) is 0 Å². The van der Waals surface area contributed by atoms with Crippen LogP contribution in [-0.4, -0.2) is 49.5 Å². The van der Waals surface area contributed by atoms with Crippen LogP contribution in [0.2, 0.25) is 0 Å². The van der Waals surface area contributed by atoms with Crippen LogP contribution in [0.1, 0.15) is 11.9 Å². The molecule has 30 heavy (non-hydrogen) atoms. The lowest BCUT2D eigenvalue weighted by Crippen LogP contribution is -2.36. The van der Waals surface area contributed by atoms with Gasteiger partial charge < -0.3 is 24.4 Å². The van der Waals surface area contributed by atoms with E-state index >= 15 is 0 Å². The highest BCUT2D eigenvalue weighted by molar-refractivity contribution is 5.73. The minimum absolute atomic E-state index is 0.293. The fourth-order valence-electron chi connectivity index (χ4n) is 3.70. The number of anilines is 3. The molecule has 2 aliphatic rings. The Morgan fingerprint density at radius 3 is 2.57 bits per heavy atom. The summed E-state index contributed by atoms with van der Waals surface area (Å²) in [5.74, 6) is 1.71. The number of nitrogens with zero attached hydrogens (tertiary/aromatic N) is 3. The normalized spacial score (nSPS) is 17.3. The van der Waals surface area contributed by atoms with Crippen molar-refractivity contribution in [2.24, 2.45) is 0 Å². The molecule has 0 aliphatic carbocycles. The van der Waals surface area contributed by atoms with Gasteiger partial charge in [-0.15, -0.1) is 0 Å². The molecule has 154 valence electrons. The van der Waals surface area contributed by atoms with Crippen LogP contribution in [0.5, 0.6) is 0 Å². The van der Waals surface area contributed by atoms with Gasteiger partial charge in [-0.3, -0.25) is 4.98 Å². The van der Waals surface area contributed by atoms with E-state index in [4.69, 9.17) is 19.2 Å². The van der Waals surface area contributed by atoms with Crippen molar-refractivity contribution in [3.8, 4) is 11.1 Å². The van der Waals surface area contributed by atoms with E-state index in [1.54, 1.807) is 12.4 Å². The molecule has 0 saturated carbocycles. The van der Waals surface area contributed by atoms with Crippen LogP contribution in [-0.2, 0) is 14.2 Å². The Morgan fingerprint density at radius 1 is 0.900 bits per heavy atom. The molecule has 0 radical (unpaired) electrons. The van der Waals surface area contributed by atoms with Gasteiger partial charge in [0.1, 0.15) is 11.6 Å². The van der Waals surface area contributed by atoms with Gasteiger partial charge in [0.25, 0.3) is 0 Å². The van der Waals surface area contributed by atoms with Gasteiger partial charge in [0.05, 0.1) is 38.3 Å². The molecule has 7 nitrogen and oxygen atoms in total. The van der Waals surface area contributed by atoms with Gasteiger partial charge in [-0.1, -0.05) is 18.2 Å². The van der Waals surface area contributed by atoms with Gasteiger partial charge in [0.15, 0.2) is 6.29 Å². The lowest BCUT2D eigenvalue weighted by molar-refractivity contribution is -0.0440. The second-order valence-electron chi connectivity index (χ2n) is 7.26. The van der Waals surface area contributed by atoms with E-state index in [2.05, 4.69) is 39.5 Å². The topological polar surface area (TPSA) is 68.7 Å². The summed E-state index contributed by atoms with van der Waals surface area (Å²) in [5.41, 5.74) is 4.10. The summed E-state index contributed by atoms with van der Waals surface area (Å²) in [4.78, 5) is 11.3. The van der Waals surface area contributed by atoms with Gasteiger partial charge in [-0.25, -0.2) is 4.98 Å². The van der Waals surface area contributed by atoms with E-state index in [1.807, 2.05) is 24.3 Å². The number of hydrogen-bond acceptors (Lipinski definition) is 7. The third-order valence-electron chi connectivity index (χ3n) is 5.19. The molecule has 0 amide bonds. The predicted octanol–water partition coefficient (Wildman–Crippen LogP) is 3.77. The monoisotopic (exact) mass is 404 g/mol. The van der Waals surface area contributed by atoms with Crippen LogP contribution >= 0.6 is 0 Å². The number of ether oxygens (including phenoxy) is 3. The summed E-state index contributed by atoms with van der Waals surface area (Å²) < 4.78 is 16.9. The number of morpholine rings is 1. The van der Waals surface area contributed by atoms with Crippen LogP contribution in [0, 0.1) is 0 Å². The zero-order chi connectivity index (χ0) is 20.2.